The van der Waals surface area contributed by atoms with Crippen molar-refractivity contribution in [3.8, 4) is 0 Å². The number of allylic oxidation sites excluding steroid dienone is 2. The maximum Gasteiger partial charge on any atom is 0.250 e. The third-order valence-electron chi connectivity index (χ3n) is 6.64. The van der Waals surface area contributed by atoms with Crippen LogP contribution >= 0.6 is 0 Å². The predicted octanol–water partition coefficient (Wildman–Crippen LogP) is 2.79. The molecule has 0 bridgehead atoms. The van der Waals surface area contributed by atoms with Gasteiger partial charge in [-0.15, -0.1) is 0 Å². The number of hydrogen-bond acceptors (Lipinski definition) is 4. The van der Waals surface area contributed by atoms with E-state index in [4.69, 9.17) is 14.2 Å². The molecule has 4 aliphatic rings. The molecule has 2 aliphatic heterocycles. The van der Waals surface area contributed by atoms with Crippen molar-refractivity contribution >= 4 is 5.78 Å². The van der Waals surface area contributed by atoms with Gasteiger partial charge in [0.1, 0.15) is 13.1 Å². The quantitative estimate of drug-likeness (QED) is 0.355. The van der Waals surface area contributed by atoms with Crippen LogP contribution in [0.1, 0.15) is 35.7 Å². The SMILES string of the molecule is CCOC1(OC2C(C)[N+]23CCOCC3)C=CC2C(=C1)C(=O)c1ccccc12. The van der Waals surface area contributed by atoms with Crippen molar-refractivity contribution in [2.45, 2.75) is 37.8 Å². The number of carbonyl (C=O) groups is 1. The number of ether oxygens (including phenoxy) is 3. The Bertz CT molecular complexity index is 838. The van der Waals surface area contributed by atoms with Gasteiger partial charge in [-0.2, -0.15) is 0 Å². The molecule has 5 heteroatoms. The second-order valence-electron chi connectivity index (χ2n) is 7.92. The van der Waals surface area contributed by atoms with Crippen molar-refractivity contribution in [1.29, 1.82) is 0 Å². The van der Waals surface area contributed by atoms with Gasteiger partial charge in [0, 0.05) is 23.7 Å². The molecule has 2 fully saturated rings. The highest BCUT2D eigenvalue weighted by atomic mass is 16.7. The minimum absolute atomic E-state index is 0.00837. The molecule has 0 N–H and O–H groups in total. The Labute approximate surface area is 159 Å². The van der Waals surface area contributed by atoms with Crippen molar-refractivity contribution in [3.63, 3.8) is 0 Å². The first-order valence-corrected chi connectivity index (χ1v) is 9.92. The lowest BCUT2D eigenvalue weighted by molar-refractivity contribution is -0.850. The van der Waals surface area contributed by atoms with E-state index in [2.05, 4.69) is 13.0 Å². The summed E-state index contributed by atoms with van der Waals surface area (Å²) in [5.74, 6) is -0.863. The van der Waals surface area contributed by atoms with Gasteiger partial charge in [-0.25, -0.2) is 0 Å². The van der Waals surface area contributed by atoms with E-state index < -0.39 is 5.79 Å². The number of morpholine rings is 1. The van der Waals surface area contributed by atoms with E-state index in [1.54, 1.807) is 0 Å². The molecule has 1 spiro atoms. The smallest absolute Gasteiger partial charge is 0.250 e. The van der Waals surface area contributed by atoms with Crippen LogP contribution in [0.15, 0.2) is 48.1 Å². The van der Waals surface area contributed by atoms with Crippen LogP contribution in [0.3, 0.4) is 0 Å². The second-order valence-corrected chi connectivity index (χ2v) is 7.92. The van der Waals surface area contributed by atoms with Crippen LogP contribution in [0.25, 0.3) is 0 Å². The van der Waals surface area contributed by atoms with Crippen LogP contribution in [0.2, 0.25) is 0 Å². The zero-order valence-corrected chi connectivity index (χ0v) is 15.9. The molecule has 0 saturated carbocycles. The Balaban J connectivity index is 1.46. The zero-order chi connectivity index (χ0) is 18.6. The molecule has 4 atom stereocenters. The summed E-state index contributed by atoms with van der Waals surface area (Å²) in [5, 5.41) is 0. The van der Waals surface area contributed by atoms with Crippen LogP contribution in [-0.4, -0.2) is 61.2 Å². The molecule has 0 aromatic heterocycles. The van der Waals surface area contributed by atoms with Gasteiger partial charge >= 0.3 is 0 Å². The van der Waals surface area contributed by atoms with E-state index in [0.29, 0.717) is 12.6 Å². The lowest BCUT2D eigenvalue weighted by Gasteiger charge is -2.33. The monoisotopic (exact) mass is 368 g/mol. The number of ketones is 1. The normalized spacial score (nSPS) is 35.7. The fraction of sp³-hybridized carbons (Fsp3) is 0.500. The van der Waals surface area contributed by atoms with Gasteiger partial charge in [0.15, 0.2) is 11.8 Å². The molecular weight excluding hydrogens is 342 g/mol. The number of quaternary nitrogens is 1. The Morgan fingerprint density at radius 2 is 2.04 bits per heavy atom. The summed E-state index contributed by atoms with van der Waals surface area (Å²) in [7, 11) is 0. The minimum Gasteiger partial charge on any atom is -0.370 e. The van der Waals surface area contributed by atoms with E-state index in [1.165, 1.54) is 0 Å². The third kappa shape index (κ3) is 2.49. The first-order valence-electron chi connectivity index (χ1n) is 9.92. The third-order valence-corrected chi connectivity index (χ3v) is 6.64. The fourth-order valence-corrected chi connectivity index (χ4v) is 5.03. The van der Waals surface area contributed by atoms with Crippen molar-refractivity contribution in [2.24, 2.45) is 0 Å². The van der Waals surface area contributed by atoms with E-state index in [9.17, 15) is 4.79 Å². The molecule has 5 rings (SSSR count). The van der Waals surface area contributed by atoms with Gasteiger partial charge in [0.2, 0.25) is 12.0 Å². The van der Waals surface area contributed by atoms with E-state index in [1.807, 2.05) is 43.3 Å². The average Bonchev–Trinajstić information content (AvgIpc) is 3.08. The summed E-state index contributed by atoms with van der Waals surface area (Å²) >= 11 is 0. The number of fused-ring (bicyclic) bond motifs is 3. The predicted molar refractivity (Wildman–Crippen MR) is 100 cm³/mol. The Morgan fingerprint density at radius 1 is 1.26 bits per heavy atom. The van der Waals surface area contributed by atoms with Gasteiger partial charge in [-0.05, 0) is 31.6 Å². The maximum absolute atomic E-state index is 13.0. The number of rotatable bonds is 4. The van der Waals surface area contributed by atoms with Gasteiger partial charge in [-0.1, -0.05) is 30.3 Å². The number of Topliss-reactive ketones (excluding diaryl/α,β-unsaturated/α-hetero) is 1. The highest BCUT2D eigenvalue weighted by Gasteiger charge is 2.67. The molecule has 1 aromatic rings. The number of nitrogens with zero attached hydrogens (tertiary/aromatic N) is 1. The number of carbonyl (C=O) groups excluding carboxylic acids is 1. The van der Waals surface area contributed by atoms with Crippen LogP contribution in [0.5, 0.6) is 0 Å². The van der Waals surface area contributed by atoms with Gasteiger partial charge in [0.25, 0.3) is 0 Å². The summed E-state index contributed by atoms with van der Waals surface area (Å²) in [6.07, 6.45) is 6.08. The molecule has 0 radical (unpaired) electrons. The zero-order valence-electron chi connectivity index (χ0n) is 15.9. The average molecular weight is 368 g/mol. The topological polar surface area (TPSA) is 44.8 Å². The standard InChI is InChI=1S/C22H26NO4/c1-3-26-22(27-21-15(2)23(21)10-12-25-13-11-23)9-8-17-16-6-4-5-7-18(16)20(24)19(17)14-22/h4-9,14-15,17,21H,3,10-13H2,1-2H3/q+1. The van der Waals surface area contributed by atoms with E-state index in [0.717, 1.165) is 47.5 Å². The molecule has 0 amide bonds. The van der Waals surface area contributed by atoms with Crippen LogP contribution in [0.4, 0.5) is 0 Å². The summed E-state index contributed by atoms with van der Waals surface area (Å²) < 4.78 is 19.1. The van der Waals surface area contributed by atoms with Crippen molar-refractivity contribution < 1.29 is 23.5 Å². The van der Waals surface area contributed by atoms with Crippen LogP contribution in [-0.2, 0) is 14.2 Å². The highest BCUT2D eigenvalue weighted by Crippen LogP contribution is 2.48. The summed E-state index contributed by atoms with van der Waals surface area (Å²) in [4.78, 5) is 13.0. The highest BCUT2D eigenvalue weighted by molar-refractivity contribution is 6.15. The molecule has 1 aromatic carbocycles. The van der Waals surface area contributed by atoms with Gasteiger partial charge in [-0.3, -0.25) is 14.0 Å². The molecule has 5 nitrogen and oxygen atoms in total. The first kappa shape index (κ1) is 17.3. The van der Waals surface area contributed by atoms with Crippen LogP contribution < -0.4 is 0 Å². The lowest BCUT2D eigenvalue weighted by Crippen LogP contribution is -2.44. The number of hydrogen-bond donors (Lipinski definition) is 0. The first-order chi connectivity index (χ1) is 13.1. The molecule has 27 heavy (non-hydrogen) atoms. The van der Waals surface area contributed by atoms with Crippen molar-refractivity contribution in [1.82, 2.24) is 0 Å². The summed E-state index contributed by atoms with van der Waals surface area (Å²) in [6.45, 7) is 8.21. The van der Waals surface area contributed by atoms with Gasteiger partial charge in [0.05, 0.1) is 13.2 Å². The Kier molecular flexibility index (Phi) is 3.92. The van der Waals surface area contributed by atoms with E-state index in [-0.39, 0.29) is 17.9 Å². The van der Waals surface area contributed by atoms with Crippen LogP contribution in [0, 0.1) is 0 Å². The van der Waals surface area contributed by atoms with Crippen molar-refractivity contribution in [2.75, 3.05) is 32.9 Å². The Hall–Kier alpha value is -1.79. The molecule has 2 heterocycles. The lowest BCUT2D eigenvalue weighted by atomic mass is 9.90. The summed E-state index contributed by atoms with van der Waals surface area (Å²) in [6, 6.07) is 8.27. The largest absolute Gasteiger partial charge is 0.370 e. The maximum atomic E-state index is 13.0. The molecule has 2 aliphatic carbocycles. The Morgan fingerprint density at radius 3 is 2.81 bits per heavy atom. The van der Waals surface area contributed by atoms with Crippen molar-refractivity contribution in [3.05, 3.63) is 59.2 Å². The van der Waals surface area contributed by atoms with E-state index >= 15 is 0 Å². The fourth-order valence-electron chi connectivity index (χ4n) is 5.03. The van der Waals surface area contributed by atoms with Gasteiger partial charge < -0.3 is 9.47 Å². The molecule has 4 unspecified atom stereocenters. The molecular formula is C22H26NO4+. The summed E-state index contributed by atoms with van der Waals surface area (Å²) in [5.41, 5.74) is 2.64. The number of benzene rings is 1. The second kappa shape index (κ2) is 6.11. The molecule has 142 valence electrons. The minimum atomic E-state index is -0.961. The molecule has 2 saturated heterocycles.